The van der Waals surface area contributed by atoms with E-state index in [4.69, 9.17) is 9.84 Å². The average molecular weight is 252 g/mol. The third-order valence-electron chi connectivity index (χ3n) is 3.25. The van der Waals surface area contributed by atoms with Crippen LogP contribution in [0.1, 0.15) is 38.7 Å². The van der Waals surface area contributed by atoms with Crippen molar-refractivity contribution < 1.29 is 19.0 Å². The van der Waals surface area contributed by atoms with Gasteiger partial charge in [-0.2, -0.15) is 0 Å². The van der Waals surface area contributed by atoms with E-state index in [0.29, 0.717) is 0 Å². The Kier molecular flexibility index (Phi) is 3.28. The number of halogens is 1. The fourth-order valence-corrected chi connectivity index (χ4v) is 2.19. The van der Waals surface area contributed by atoms with Gasteiger partial charge in [0.05, 0.1) is 12.5 Å². The van der Waals surface area contributed by atoms with Crippen LogP contribution in [0.5, 0.6) is 5.75 Å². The van der Waals surface area contributed by atoms with Gasteiger partial charge in [-0.3, -0.25) is 4.79 Å². The summed E-state index contributed by atoms with van der Waals surface area (Å²) >= 11 is 0. The number of rotatable bonds is 5. The maximum absolute atomic E-state index is 13.8. The summed E-state index contributed by atoms with van der Waals surface area (Å²) in [6.45, 7) is 3.67. The van der Waals surface area contributed by atoms with Crippen LogP contribution in [0.4, 0.5) is 4.39 Å². The molecule has 0 amide bonds. The van der Waals surface area contributed by atoms with E-state index < -0.39 is 11.8 Å². The number of hydrogen-bond donors (Lipinski definition) is 1. The summed E-state index contributed by atoms with van der Waals surface area (Å²) in [6.07, 6.45) is 1.60. The van der Waals surface area contributed by atoms with Crippen LogP contribution in [-0.4, -0.2) is 17.2 Å². The standard InChI is InChI=1S/C14H17FO3/c1-9(2)18-12-4-3-10(7-11(12)15)14(5-6-14)8-13(16)17/h3-4,7,9H,5-6,8H2,1-2H3,(H,16,17). The number of carbonyl (C=O) groups is 1. The highest BCUT2D eigenvalue weighted by Crippen LogP contribution is 2.51. The molecule has 18 heavy (non-hydrogen) atoms. The molecule has 1 aliphatic rings. The first-order valence-electron chi connectivity index (χ1n) is 6.11. The van der Waals surface area contributed by atoms with E-state index in [0.717, 1.165) is 18.4 Å². The molecule has 1 aromatic carbocycles. The molecular weight excluding hydrogens is 235 g/mol. The first kappa shape index (κ1) is 12.9. The molecule has 1 aliphatic carbocycles. The Morgan fingerprint density at radius 1 is 1.50 bits per heavy atom. The third kappa shape index (κ3) is 2.63. The van der Waals surface area contributed by atoms with Crippen LogP contribution < -0.4 is 4.74 Å². The summed E-state index contributed by atoms with van der Waals surface area (Å²) in [7, 11) is 0. The molecule has 0 radical (unpaired) electrons. The summed E-state index contributed by atoms with van der Waals surface area (Å²) in [4.78, 5) is 10.8. The minimum atomic E-state index is -0.838. The number of hydrogen-bond acceptors (Lipinski definition) is 2. The number of carboxylic acids is 1. The van der Waals surface area contributed by atoms with Gasteiger partial charge < -0.3 is 9.84 Å². The Morgan fingerprint density at radius 2 is 2.17 bits per heavy atom. The maximum Gasteiger partial charge on any atom is 0.304 e. The minimum absolute atomic E-state index is 0.0663. The van der Waals surface area contributed by atoms with Crippen molar-refractivity contribution in [1.82, 2.24) is 0 Å². The van der Waals surface area contributed by atoms with Gasteiger partial charge in [0.25, 0.3) is 0 Å². The van der Waals surface area contributed by atoms with Gasteiger partial charge in [0, 0.05) is 5.41 Å². The third-order valence-corrected chi connectivity index (χ3v) is 3.25. The lowest BCUT2D eigenvalue weighted by Crippen LogP contribution is -2.14. The lowest BCUT2D eigenvalue weighted by molar-refractivity contribution is -0.137. The van der Waals surface area contributed by atoms with E-state index >= 15 is 0 Å². The fraction of sp³-hybridized carbons (Fsp3) is 0.500. The lowest BCUT2D eigenvalue weighted by atomic mass is 9.92. The quantitative estimate of drug-likeness (QED) is 0.875. The highest BCUT2D eigenvalue weighted by Gasteiger charge is 2.46. The summed E-state index contributed by atoms with van der Waals surface area (Å²) in [5.74, 6) is -1.03. The van der Waals surface area contributed by atoms with Gasteiger partial charge in [0.2, 0.25) is 0 Å². The zero-order valence-electron chi connectivity index (χ0n) is 10.6. The van der Waals surface area contributed by atoms with Crippen molar-refractivity contribution in [3.63, 3.8) is 0 Å². The summed E-state index contributed by atoms with van der Waals surface area (Å²) in [5.41, 5.74) is 0.404. The zero-order valence-corrected chi connectivity index (χ0v) is 10.6. The van der Waals surface area contributed by atoms with Crippen LogP contribution >= 0.6 is 0 Å². The van der Waals surface area contributed by atoms with Crippen molar-refractivity contribution >= 4 is 5.97 Å². The van der Waals surface area contributed by atoms with Crippen molar-refractivity contribution in [2.24, 2.45) is 0 Å². The average Bonchev–Trinajstić information content (AvgIpc) is 3.00. The van der Waals surface area contributed by atoms with Gasteiger partial charge in [-0.05, 0) is 44.4 Å². The Bertz CT molecular complexity index is 464. The highest BCUT2D eigenvalue weighted by molar-refractivity contribution is 5.70. The molecule has 1 saturated carbocycles. The van der Waals surface area contributed by atoms with Crippen LogP contribution in [0.25, 0.3) is 0 Å². The molecule has 98 valence electrons. The predicted octanol–water partition coefficient (Wildman–Crippen LogP) is 3.12. The van der Waals surface area contributed by atoms with Gasteiger partial charge in [0.1, 0.15) is 0 Å². The highest BCUT2D eigenvalue weighted by atomic mass is 19.1. The molecule has 0 atom stereocenters. The number of benzene rings is 1. The normalized spacial score (nSPS) is 16.7. The van der Waals surface area contributed by atoms with E-state index in [1.165, 1.54) is 6.07 Å². The first-order chi connectivity index (χ1) is 8.43. The van der Waals surface area contributed by atoms with Crippen LogP contribution in [0.3, 0.4) is 0 Å². The van der Waals surface area contributed by atoms with Crippen molar-refractivity contribution in [2.45, 2.75) is 44.6 Å². The predicted molar refractivity (Wildman–Crippen MR) is 65.3 cm³/mol. The van der Waals surface area contributed by atoms with Gasteiger partial charge in [0.15, 0.2) is 11.6 Å². The summed E-state index contributed by atoms with van der Waals surface area (Å²) < 4.78 is 19.2. The molecule has 0 aromatic heterocycles. The van der Waals surface area contributed by atoms with E-state index in [-0.39, 0.29) is 23.7 Å². The molecule has 1 aromatic rings. The van der Waals surface area contributed by atoms with Crippen LogP contribution in [0, 0.1) is 5.82 Å². The smallest absolute Gasteiger partial charge is 0.304 e. The lowest BCUT2D eigenvalue weighted by Gasteiger charge is -2.16. The first-order valence-corrected chi connectivity index (χ1v) is 6.11. The minimum Gasteiger partial charge on any atom is -0.488 e. The summed E-state index contributed by atoms with van der Waals surface area (Å²) in [6, 6.07) is 4.77. The second kappa shape index (κ2) is 4.59. The second-order valence-corrected chi connectivity index (χ2v) is 5.16. The Balaban J connectivity index is 2.21. The number of aliphatic carboxylic acids is 1. The van der Waals surface area contributed by atoms with Crippen molar-refractivity contribution in [2.75, 3.05) is 0 Å². The fourth-order valence-electron chi connectivity index (χ4n) is 2.19. The van der Waals surface area contributed by atoms with Gasteiger partial charge in [-0.25, -0.2) is 4.39 Å². The van der Waals surface area contributed by atoms with Gasteiger partial charge in [-0.1, -0.05) is 6.07 Å². The second-order valence-electron chi connectivity index (χ2n) is 5.16. The van der Waals surface area contributed by atoms with Crippen LogP contribution in [-0.2, 0) is 10.2 Å². The van der Waals surface area contributed by atoms with Crippen LogP contribution in [0.15, 0.2) is 18.2 Å². The molecule has 0 aliphatic heterocycles. The maximum atomic E-state index is 13.8. The Hall–Kier alpha value is -1.58. The molecule has 3 nitrogen and oxygen atoms in total. The monoisotopic (exact) mass is 252 g/mol. The van der Waals surface area contributed by atoms with Crippen LogP contribution in [0.2, 0.25) is 0 Å². The molecule has 2 rings (SSSR count). The van der Waals surface area contributed by atoms with Gasteiger partial charge >= 0.3 is 5.97 Å². The molecule has 4 heteroatoms. The number of ether oxygens (including phenoxy) is 1. The van der Waals surface area contributed by atoms with Gasteiger partial charge in [-0.15, -0.1) is 0 Å². The van der Waals surface area contributed by atoms with E-state index in [9.17, 15) is 9.18 Å². The van der Waals surface area contributed by atoms with Crippen molar-refractivity contribution in [3.8, 4) is 5.75 Å². The molecule has 0 saturated heterocycles. The molecule has 0 unspecified atom stereocenters. The van der Waals surface area contributed by atoms with Crippen molar-refractivity contribution in [1.29, 1.82) is 0 Å². The number of carboxylic acid groups (broad SMARTS) is 1. The molecule has 1 fully saturated rings. The topological polar surface area (TPSA) is 46.5 Å². The molecular formula is C14H17FO3. The Morgan fingerprint density at radius 3 is 2.61 bits per heavy atom. The summed E-state index contributed by atoms with van der Waals surface area (Å²) in [5, 5.41) is 8.87. The van der Waals surface area contributed by atoms with Crippen molar-refractivity contribution in [3.05, 3.63) is 29.6 Å². The van der Waals surface area contributed by atoms with E-state index in [1.54, 1.807) is 12.1 Å². The SMILES string of the molecule is CC(C)Oc1ccc(C2(CC(=O)O)CC2)cc1F. The molecule has 0 heterocycles. The molecule has 1 N–H and O–H groups in total. The largest absolute Gasteiger partial charge is 0.488 e. The van der Waals surface area contributed by atoms with E-state index in [1.807, 2.05) is 13.8 Å². The van der Waals surface area contributed by atoms with E-state index in [2.05, 4.69) is 0 Å². The zero-order chi connectivity index (χ0) is 13.3. The Labute approximate surface area is 106 Å². The molecule has 0 bridgehead atoms. The molecule has 0 spiro atoms.